The maximum atomic E-state index is 5.49. The minimum Gasteiger partial charge on any atom is -0.468 e. The lowest BCUT2D eigenvalue weighted by Crippen LogP contribution is -2.49. The molecular formula is C14H22N2O. The number of likely N-dealkylation sites (tertiary alicyclic amines) is 1. The highest BCUT2D eigenvalue weighted by Gasteiger charge is 2.31. The van der Waals surface area contributed by atoms with Gasteiger partial charge in [-0.15, -0.1) is 0 Å². The van der Waals surface area contributed by atoms with E-state index in [-0.39, 0.29) is 0 Å². The Kier molecular flexibility index (Phi) is 3.48. The normalized spacial score (nSPS) is 30.8. The van der Waals surface area contributed by atoms with Crippen LogP contribution in [0.3, 0.4) is 0 Å². The molecule has 3 heteroatoms. The van der Waals surface area contributed by atoms with Gasteiger partial charge in [0.1, 0.15) is 5.76 Å². The Morgan fingerprint density at radius 2 is 2.29 bits per heavy atom. The fourth-order valence-electron chi connectivity index (χ4n) is 3.31. The molecule has 0 radical (unpaired) electrons. The number of furan rings is 1. The van der Waals surface area contributed by atoms with Crippen LogP contribution in [0.5, 0.6) is 0 Å². The van der Waals surface area contributed by atoms with E-state index in [1.165, 1.54) is 45.2 Å². The maximum Gasteiger partial charge on any atom is 0.117 e. The molecule has 2 fully saturated rings. The summed E-state index contributed by atoms with van der Waals surface area (Å²) < 4.78 is 5.49. The SMILES string of the molecule is c1coc(CN2CCCCC2C2CCCN2)c1. The summed E-state index contributed by atoms with van der Waals surface area (Å²) in [6.45, 7) is 3.41. The average molecular weight is 234 g/mol. The van der Waals surface area contributed by atoms with Crippen molar-refractivity contribution < 1.29 is 4.42 Å². The Hall–Kier alpha value is -0.800. The summed E-state index contributed by atoms with van der Waals surface area (Å²) in [4.78, 5) is 2.62. The van der Waals surface area contributed by atoms with Crippen LogP contribution < -0.4 is 5.32 Å². The third kappa shape index (κ3) is 2.55. The van der Waals surface area contributed by atoms with Gasteiger partial charge in [-0.05, 0) is 50.9 Å². The summed E-state index contributed by atoms with van der Waals surface area (Å²) in [7, 11) is 0. The predicted molar refractivity (Wildman–Crippen MR) is 67.8 cm³/mol. The van der Waals surface area contributed by atoms with Crippen molar-refractivity contribution in [1.82, 2.24) is 10.2 Å². The first-order valence-electron chi connectivity index (χ1n) is 6.93. The van der Waals surface area contributed by atoms with Crippen LogP contribution in [0, 0.1) is 0 Å². The van der Waals surface area contributed by atoms with E-state index in [2.05, 4.69) is 16.3 Å². The molecule has 1 N–H and O–H groups in total. The van der Waals surface area contributed by atoms with Gasteiger partial charge in [0, 0.05) is 12.1 Å². The van der Waals surface area contributed by atoms with Crippen molar-refractivity contribution in [2.24, 2.45) is 0 Å². The van der Waals surface area contributed by atoms with Gasteiger partial charge in [-0.2, -0.15) is 0 Å². The molecule has 0 aromatic carbocycles. The Balaban J connectivity index is 1.66. The van der Waals surface area contributed by atoms with Gasteiger partial charge >= 0.3 is 0 Å². The van der Waals surface area contributed by atoms with Crippen molar-refractivity contribution in [3.05, 3.63) is 24.2 Å². The van der Waals surface area contributed by atoms with Gasteiger partial charge in [0.2, 0.25) is 0 Å². The minimum atomic E-state index is 0.713. The van der Waals surface area contributed by atoms with Crippen LogP contribution >= 0.6 is 0 Å². The summed E-state index contributed by atoms with van der Waals surface area (Å²) >= 11 is 0. The third-order valence-corrected chi connectivity index (χ3v) is 4.17. The molecule has 3 heterocycles. The Bertz CT molecular complexity index is 330. The van der Waals surface area contributed by atoms with E-state index in [1.807, 2.05) is 6.07 Å². The minimum absolute atomic E-state index is 0.713. The molecule has 2 saturated heterocycles. The van der Waals surface area contributed by atoms with Crippen LogP contribution in [-0.2, 0) is 6.54 Å². The van der Waals surface area contributed by atoms with Gasteiger partial charge in [0.25, 0.3) is 0 Å². The number of hydrogen-bond donors (Lipinski definition) is 1. The van der Waals surface area contributed by atoms with E-state index in [0.29, 0.717) is 6.04 Å². The number of hydrogen-bond acceptors (Lipinski definition) is 3. The first kappa shape index (κ1) is 11.3. The number of nitrogens with zero attached hydrogens (tertiary/aromatic N) is 1. The van der Waals surface area contributed by atoms with E-state index >= 15 is 0 Å². The second-order valence-electron chi connectivity index (χ2n) is 5.32. The quantitative estimate of drug-likeness (QED) is 0.870. The molecule has 3 nitrogen and oxygen atoms in total. The summed E-state index contributed by atoms with van der Waals surface area (Å²) in [5, 5.41) is 3.66. The lowest BCUT2D eigenvalue weighted by atomic mass is 9.94. The first-order chi connectivity index (χ1) is 8.43. The van der Waals surface area contributed by atoms with E-state index < -0.39 is 0 Å². The van der Waals surface area contributed by atoms with Crippen LogP contribution in [0.15, 0.2) is 22.8 Å². The Morgan fingerprint density at radius 3 is 3.06 bits per heavy atom. The molecular weight excluding hydrogens is 212 g/mol. The molecule has 2 aliphatic rings. The van der Waals surface area contributed by atoms with Crippen molar-refractivity contribution in [3.63, 3.8) is 0 Å². The summed E-state index contributed by atoms with van der Waals surface area (Å²) in [5.41, 5.74) is 0. The smallest absolute Gasteiger partial charge is 0.117 e. The molecule has 2 aliphatic heterocycles. The van der Waals surface area contributed by atoms with Crippen LogP contribution in [0.2, 0.25) is 0 Å². The molecule has 0 saturated carbocycles. The van der Waals surface area contributed by atoms with Gasteiger partial charge in [-0.3, -0.25) is 4.90 Å². The van der Waals surface area contributed by atoms with E-state index in [1.54, 1.807) is 6.26 Å². The van der Waals surface area contributed by atoms with Crippen LogP contribution in [0.1, 0.15) is 37.9 Å². The fourth-order valence-corrected chi connectivity index (χ4v) is 3.31. The molecule has 94 valence electrons. The average Bonchev–Trinajstić information content (AvgIpc) is 3.01. The zero-order valence-electron chi connectivity index (χ0n) is 10.4. The molecule has 1 aromatic heterocycles. The third-order valence-electron chi connectivity index (χ3n) is 4.17. The van der Waals surface area contributed by atoms with Gasteiger partial charge < -0.3 is 9.73 Å². The lowest BCUT2D eigenvalue weighted by molar-refractivity contribution is 0.104. The molecule has 0 spiro atoms. The second kappa shape index (κ2) is 5.23. The van der Waals surface area contributed by atoms with Crippen molar-refractivity contribution in [2.75, 3.05) is 13.1 Å². The summed E-state index contributed by atoms with van der Waals surface area (Å²) in [6.07, 6.45) is 8.54. The van der Waals surface area contributed by atoms with E-state index in [9.17, 15) is 0 Å². The highest BCUT2D eigenvalue weighted by molar-refractivity contribution is 5.00. The van der Waals surface area contributed by atoms with E-state index in [0.717, 1.165) is 18.3 Å². The Morgan fingerprint density at radius 1 is 1.29 bits per heavy atom. The standard InChI is InChI=1S/C14H22N2O/c1-2-9-16(11-12-5-4-10-17-12)14(7-1)13-6-3-8-15-13/h4-5,10,13-15H,1-3,6-9,11H2. The fraction of sp³-hybridized carbons (Fsp3) is 0.714. The molecule has 0 bridgehead atoms. The summed E-state index contributed by atoms with van der Waals surface area (Å²) in [5.74, 6) is 1.11. The van der Waals surface area contributed by atoms with Gasteiger partial charge in [0.05, 0.1) is 12.8 Å². The molecule has 17 heavy (non-hydrogen) atoms. The molecule has 1 aromatic rings. The maximum absolute atomic E-state index is 5.49. The zero-order valence-corrected chi connectivity index (χ0v) is 10.4. The molecule has 3 rings (SSSR count). The largest absolute Gasteiger partial charge is 0.468 e. The molecule has 2 atom stereocenters. The van der Waals surface area contributed by atoms with Crippen molar-refractivity contribution in [1.29, 1.82) is 0 Å². The first-order valence-corrected chi connectivity index (χ1v) is 6.93. The number of rotatable bonds is 3. The van der Waals surface area contributed by atoms with Crippen LogP contribution in [0.4, 0.5) is 0 Å². The molecule has 2 unspecified atom stereocenters. The highest BCUT2D eigenvalue weighted by Crippen LogP contribution is 2.25. The van der Waals surface area contributed by atoms with E-state index in [4.69, 9.17) is 4.42 Å². The Labute approximate surface area is 103 Å². The van der Waals surface area contributed by atoms with Gasteiger partial charge in [-0.25, -0.2) is 0 Å². The van der Waals surface area contributed by atoms with Gasteiger partial charge in [0.15, 0.2) is 0 Å². The van der Waals surface area contributed by atoms with Crippen molar-refractivity contribution in [2.45, 2.75) is 50.7 Å². The topological polar surface area (TPSA) is 28.4 Å². The lowest BCUT2D eigenvalue weighted by Gasteiger charge is -2.38. The van der Waals surface area contributed by atoms with Crippen LogP contribution in [-0.4, -0.2) is 30.1 Å². The second-order valence-corrected chi connectivity index (χ2v) is 5.32. The number of piperidine rings is 1. The zero-order chi connectivity index (χ0) is 11.5. The monoisotopic (exact) mass is 234 g/mol. The molecule has 0 aliphatic carbocycles. The number of nitrogens with one attached hydrogen (secondary N) is 1. The molecule has 0 amide bonds. The van der Waals surface area contributed by atoms with Gasteiger partial charge in [-0.1, -0.05) is 6.42 Å². The van der Waals surface area contributed by atoms with Crippen molar-refractivity contribution in [3.8, 4) is 0 Å². The van der Waals surface area contributed by atoms with Crippen molar-refractivity contribution >= 4 is 0 Å². The summed E-state index contributed by atoms with van der Waals surface area (Å²) in [6, 6.07) is 5.51. The van der Waals surface area contributed by atoms with Crippen LogP contribution in [0.25, 0.3) is 0 Å². The highest BCUT2D eigenvalue weighted by atomic mass is 16.3. The predicted octanol–water partition coefficient (Wildman–Crippen LogP) is 2.39.